The molecule has 132 valence electrons. The summed E-state index contributed by atoms with van der Waals surface area (Å²) in [6.45, 7) is 0.0123. The zero-order chi connectivity index (χ0) is 18.1. The van der Waals surface area contributed by atoms with Crippen LogP contribution in [0, 0.1) is 11.6 Å². The van der Waals surface area contributed by atoms with Crippen LogP contribution in [0.2, 0.25) is 0 Å². The molecule has 7 heteroatoms. The van der Waals surface area contributed by atoms with Gasteiger partial charge in [0.05, 0.1) is 13.2 Å². The molecule has 3 nitrogen and oxygen atoms in total. The summed E-state index contributed by atoms with van der Waals surface area (Å²) < 4.78 is 66.7. The van der Waals surface area contributed by atoms with Crippen LogP contribution in [0.4, 0.5) is 17.6 Å². The average Bonchev–Trinajstić information content (AvgIpc) is 3.38. The Hall–Kier alpha value is -2.25. The fourth-order valence-corrected chi connectivity index (χ4v) is 2.57. The molecule has 25 heavy (non-hydrogen) atoms. The smallest absolute Gasteiger partial charge is 0.324 e. The number of methoxy groups -OCH3 is 1. The highest BCUT2D eigenvalue weighted by Gasteiger charge is 2.68. The van der Waals surface area contributed by atoms with Gasteiger partial charge in [-0.3, -0.25) is 4.98 Å². The first kappa shape index (κ1) is 17.6. The van der Waals surface area contributed by atoms with Gasteiger partial charge in [0.15, 0.2) is 5.60 Å². The zero-order valence-electron chi connectivity index (χ0n) is 13.3. The second-order valence-electron chi connectivity index (χ2n) is 5.65. The number of hydrogen-bond acceptors (Lipinski definition) is 3. The van der Waals surface area contributed by atoms with Gasteiger partial charge in [-0.05, 0) is 23.8 Å². The Kier molecular flexibility index (Phi) is 4.62. The Morgan fingerprint density at radius 3 is 2.60 bits per heavy atom. The highest BCUT2D eigenvalue weighted by molar-refractivity contribution is 5.48. The molecule has 2 aromatic rings. The Labute approximate surface area is 141 Å². The standard InChI is InChI=1S/C18H15F4NO2/c1-24-8-2-3-12-4-7-16(23-10-12)18(21,22)17(11-25-17)14-6-5-13(19)9-15(14)20/h2-7,9-10H,8,11H2,1H3/b3-2-. The van der Waals surface area contributed by atoms with Gasteiger partial charge < -0.3 is 9.47 Å². The molecular formula is C18H15F4NO2. The molecule has 0 N–H and O–H groups in total. The first-order chi connectivity index (χ1) is 11.9. The molecule has 0 spiro atoms. The number of pyridine rings is 1. The largest absolute Gasteiger partial charge is 0.381 e. The summed E-state index contributed by atoms with van der Waals surface area (Å²) in [4.78, 5) is 3.79. The molecule has 0 amide bonds. The molecule has 1 aliphatic heterocycles. The van der Waals surface area contributed by atoms with Gasteiger partial charge in [0.25, 0.3) is 0 Å². The molecule has 1 aromatic carbocycles. The van der Waals surface area contributed by atoms with Gasteiger partial charge in [-0.15, -0.1) is 0 Å². The van der Waals surface area contributed by atoms with Crippen molar-refractivity contribution in [3.05, 3.63) is 71.1 Å². The monoisotopic (exact) mass is 353 g/mol. The van der Waals surface area contributed by atoms with Crippen molar-refractivity contribution >= 4 is 6.08 Å². The average molecular weight is 353 g/mol. The molecule has 0 radical (unpaired) electrons. The van der Waals surface area contributed by atoms with Crippen LogP contribution >= 0.6 is 0 Å². The molecule has 1 aromatic heterocycles. The minimum absolute atomic E-state index is 0.375. The maximum Gasteiger partial charge on any atom is 0.324 e. The van der Waals surface area contributed by atoms with Gasteiger partial charge in [-0.25, -0.2) is 8.78 Å². The first-order valence-corrected chi connectivity index (χ1v) is 7.50. The van der Waals surface area contributed by atoms with E-state index < -0.39 is 28.9 Å². The molecular weight excluding hydrogens is 338 g/mol. The lowest BCUT2D eigenvalue weighted by atomic mass is 9.90. The molecule has 2 heterocycles. The van der Waals surface area contributed by atoms with Gasteiger partial charge in [0, 0.05) is 24.9 Å². The molecule has 1 saturated heterocycles. The van der Waals surface area contributed by atoms with Crippen LogP contribution in [0.1, 0.15) is 16.8 Å². The topological polar surface area (TPSA) is 34.6 Å². The first-order valence-electron chi connectivity index (χ1n) is 7.50. The van der Waals surface area contributed by atoms with Crippen molar-refractivity contribution in [3.8, 4) is 0 Å². The van der Waals surface area contributed by atoms with Crippen LogP contribution in [-0.4, -0.2) is 25.3 Å². The lowest BCUT2D eigenvalue weighted by molar-refractivity contribution is -0.0901. The predicted molar refractivity (Wildman–Crippen MR) is 83.0 cm³/mol. The fraction of sp³-hybridized carbons (Fsp3) is 0.278. The molecule has 0 bridgehead atoms. The summed E-state index contributed by atoms with van der Waals surface area (Å²) in [5, 5.41) is 0. The van der Waals surface area contributed by atoms with E-state index in [2.05, 4.69) is 4.98 Å². The van der Waals surface area contributed by atoms with Crippen molar-refractivity contribution in [2.24, 2.45) is 0 Å². The van der Waals surface area contributed by atoms with Gasteiger partial charge in [-0.2, -0.15) is 8.78 Å². The van der Waals surface area contributed by atoms with Crippen LogP contribution in [0.15, 0.2) is 42.6 Å². The summed E-state index contributed by atoms with van der Waals surface area (Å²) in [6.07, 6.45) is 4.68. The van der Waals surface area contributed by atoms with Crippen molar-refractivity contribution in [3.63, 3.8) is 0 Å². The van der Waals surface area contributed by atoms with Crippen LogP contribution < -0.4 is 0 Å². The maximum absolute atomic E-state index is 14.9. The highest BCUT2D eigenvalue weighted by Crippen LogP contribution is 2.56. The quantitative estimate of drug-likeness (QED) is 0.581. The third-order valence-electron chi connectivity index (χ3n) is 3.99. The second-order valence-corrected chi connectivity index (χ2v) is 5.65. The lowest BCUT2D eigenvalue weighted by Crippen LogP contribution is -2.34. The molecule has 3 rings (SSSR count). The highest BCUT2D eigenvalue weighted by atomic mass is 19.3. The van der Waals surface area contributed by atoms with E-state index in [1.807, 2.05) is 0 Å². The number of alkyl halides is 2. The fourth-order valence-electron chi connectivity index (χ4n) is 2.57. The maximum atomic E-state index is 14.9. The predicted octanol–water partition coefficient (Wildman–Crippen LogP) is 4.04. The van der Waals surface area contributed by atoms with Crippen molar-refractivity contribution in [2.45, 2.75) is 11.5 Å². The van der Waals surface area contributed by atoms with Gasteiger partial charge >= 0.3 is 5.92 Å². The van der Waals surface area contributed by atoms with Crippen molar-refractivity contribution in [1.82, 2.24) is 4.98 Å². The summed E-state index contributed by atoms with van der Waals surface area (Å²) in [5.41, 5.74) is -2.47. The number of rotatable bonds is 6. The van der Waals surface area contributed by atoms with Gasteiger partial charge in [0.1, 0.15) is 17.3 Å². The molecule has 1 unspecified atom stereocenters. The number of benzene rings is 1. The molecule has 1 fully saturated rings. The van der Waals surface area contributed by atoms with Crippen LogP contribution in [0.3, 0.4) is 0 Å². The number of epoxide rings is 1. The molecule has 0 aliphatic carbocycles. The number of hydrogen-bond donors (Lipinski definition) is 0. The SMILES string of the molecule is COC/C=C\c1ccc(C(F)(F)C2(c3ccc(F)cc3F)CO2)nc1. The van der Waals surface area contributed by atoms with Crippen molar-refractivity contribution in [1.29, 1.82) is 0 Å². The Balaban J connectivity index is 1.90. The van der Waals surface area contributed by atoms with E-state index in [1.165, 1.54) is 19.4 Å². The second kappa shape index (κ2) is 6.57. The van der Waals surface area contributed by atoms with Crippen molar-refractivity contribution in [2.75, 3.05) is 20.3 Å². The third kappa shape index (κ3) is 3.17. The molecule has 0 saturated carbocycles. The minimum atomic E-state index is -3.57. The van der Waals surface area contributed by atoms with E-state index in [0.717, 1.165) is 18.2 Å². The Bertz CT molecular complexity index is 786. The lowest BCUT2D eigenvalue weighted by Gasteiger charge is -2.24. The van der Waals surface area contributed by atoms with E-state index in [4.69, 9.17) is 9.47 Å². The Morgan fingerprint density at radius 1 is 1.28 bits per heavy atom. The van der Waals surface area contributed by atoms with Crippen molar-refractivity contribution < 1.29 is 27.0 Å². The zero-order valence-corrected chi connectivity index (χ0v) is 13.3. The normalized spacial score (nSPS) is 20.2. The van der Waals surface area contributed by atoms with E-state index >= 15 is 0 Å². The molecule has 1 atom stereocenters. The van der Waals surface area contributed by atoms with E-state index in [9.17, 15) is 17.6 Å². The van der Waals surface area contributed by atoms with Crippen LogP contribution in [0.5, 0.6) is 0 Å². The van der Waals surface area contributed by atoms with E-state index in [0.29, 0.717) is 18.2 Å². The van der Waals surface area contributed by atoms with E-state index in [1.54, 1.807) is 12.2 Å². The van der Waals surface area contributed by atoms with Crippen LogP contribution in [-0.2, 0) is 21.0 Å². The summed E-state index contributed by atoms with van der Waals surface area (Å²) in [7, 11) is 1.54. The van der Waals surface area contributed by atoms with Gasteiger partial charge in [-0.1, -0.05) is 18.2 Å². The van der Waals surface area contributed by atoms with Gasteiger partial charge in [0.2, 0.25) is 0 Å². The minimum Gasteiger partial charge on any atom is -0.381 e. The summed E-state index contributed by atoms with van der Waals surface area (Å²) in [6, 6.07) is 5.10. The Morgan fingerprint density at radius 2 is 2.04 bits per heavy atom. The van der Waals surface area contributed by atoms with Crippen LogP contribution in [0.25, 0.3) is 6.08 Å². The number of nitrogens with zero attached hydrogens (tertiary/aromatic N) is 1. The summed E-state index contributed by atoms with van der Waals surface area (Å²) >= 11 is 0. The number of ether oxygens (including phenoxy) is 2. The van der Waals surface area contributed by atoms with E-state index in [-0.39, 0.29) is 12.2 Å². The molecule has 1 aliphatic rings. The summed E-state index contributed by atoms with van der Waals surface area (Å²) in [5.74, 6) is -5.48. The third-order valence-corrected chi connectivity index (χ3v) is 3.99. The number of aromatic nitrogens is 1. The number of halogens is 4.